The van der Waals surface area contributed by atoms with E-state index in [0.717, 1.165) is 5.56 Å². The lowest BCUT2D eigenvalue weighted by Gasteiger charge is -2.26. The first-order valence-electron chi connectivity index (χ1n) is 8.85. The van der Waals surface area contributed by atoms with E-state index < -0.39 is 22.3 Å². The van der Waals surface area contributed by atoms with Gasteiger partial charge in [0, 0.05) is 18.7 Å². The quantitative estimate of drug-likeness (QED) is 0.608. The fraction of sp³-hybridized carbons (Fsp3) is 0.300. The molecule has 1 fully saturated rings. The topological polar surface area (TPSA) is 116 Å². The van der Waals surface area contributed by atoms with E-state index in [4.69, 9.17) is 10.5 Å². The van der Waals surface area contributed by atoms with Gasteiger partial charge in [-0.3, -0.25) is 19.7 Å². The fourth-order valence-electron chi connectivity index (χ4n) is 3.32. The van der Waals surface area contributed by atoms with E-state index in [1.807, 2.05) is 19.1 Å². The molecular weight excluding hydrogens is 362 g/mol. The molecule has 1 saturated heterocycles. The second-order valence-electron chi connectivity index (χ2n) is 7.04. The number of likely N-dealkylation sites (tertiary alicyclic amines) is 1. The van der Waals surface area contributed by atoms with Gasteiger partial charge in [-0.15, -0.1) is 0 Å². The molecule has 146 valence electrons. The number of nitro groups is 1. The molecule has 28 heavy (non-hydrogen) atoms. The van der Waals surface area contributed by atoms with Crippen LogP contribution in [0.25, 0.3) is 0 Å². The highest BCUT2D eigenvalue weighted by molar-refractivity contribution is 5.94. The van der Waals surface area contributed by atoms with Crippen molar-refractivity contribution in [2.24, 2.45) is 5.73 Å². The molecule has 1 aliphatic rings. The minimum Gasteiger partial charge on any atom is -0.457 e. The molecule has 2 unspecified atom stereocenters. The third-order valence-electron chi connectivity index (χ3n) is 5.24. The Balaban J connectivity index is 1.74. The van der Waals surface area contributed by atoms with Gasteiger partial charge in [-0.2, -0.15) is 0 Å². The Morgan fingerprint density at radius 2 is 1.71 bits per heavy atom. The van der Waals surface area contributed by atoms with Crippen LogP contribution in [-0.4, -0.2) is 34.2 Å². The van der Waals surface area contributed by atoms with Crippen LogP contribution >= 0.6 is 0 Å². The number of benzene rings is 2. The van der Waals surface area contributed by atoms with Gasteiger partial charge in [0.05, 0.1) is 10.3 Å². The van der Waals surface area contributed by atoms with E-state index in [-0.39, 0.29) is 11.6 Å². The summed E-state index contributed by atoms with van der Waals surface area (Å²) in [4.78, 5) is 36.0. The summed E-state index contributed by atoms with van der Waals surface area (Å²) in [6.45, 7) is 3.96. The second kappa shape index (κ2) is 7.30. The maximum Gasteiger partial charge on any atom is 0.269 e. The zero-order valence-electron chi connectivity index (χ0n) is 15.6. The molecule has 3 rings (SSSR count). The van der Waals surface area contributed by atoms with Crippen molar-refractivity contribution in [2.75, 3.05) is 6.54 Å². The smallest absolute Gasteiger partial charge is 0.269 e. The van der Waals surface area contributed by atoms with Crippen molar-refractivity contribution in [2.45, 2.75) is 31.7 Å². The number of nitrogens with two attached hydrogens (primary N) is 1. The maximum absolute atomic E-state index is 12.9. The molecule has 2 aromatic rings. The van der Waals surface area contributed by atoms with E-state index in [2.05, 4.69) is 0 Å². The van der Waals surface area contributed by atoms with Crippen molar-refractivity contribution < 1.29 is 19.2 Å². The highest BCUT2D eigenvalue weighted by Gasteiger charge is 2.46. The lowest BCUT2D eigenvalue weighted by molar-refractivity contribution is -0.384. The third-order valence-corrected chi connectivity index (χ3v) is 5.24. The van der Waals surface area contributed by atoms with Crippen LogP contribution in [-0.2, 0) is 15.0 Å². The monoisotopic (exact) mass is 383 g/mol. The minimum absolute atomic E-state index is 0.00916. The van der Waals surface area contributed by atoms with Crippen LogP contribution in [0.15, 0.2) is 48.5 Å². The van der Waals surface area contributed by atoms with Gasteiger partial charge in [0.1, 0.15) is 17.5 Å². The molecule has 0 spiro atoms. The lowest BCUT2D eigenvalue weighted by Crippen LogP contribution is -2.46. The molecule has 2 amide bonds. The SMILES string of the molecule is CC(C(N)=O)N1CCC(C)(c2ccc(Oc3ccc([N+](=O)[O-])cc3)cc2)C1=O. The number of hydrogen-bond acceptors (Lipinski definition) is 5. The summed E-state index contributed by atoms with van der Waals surface area (Å²) in [6, 6.07) is 12.3. The summed E-state index contributed by atoms with van der Waals surface area (Å²) in [5.41, 5.74) is 5.43. The zero-order chi connectivity index (χ0) is 20.5. The van der Waals surface area contributed by atoms with E-state index in [1.54, 1.807) is 19.1 Å². The summed E-state index contributed by atoms with van der Waals surface area (Å²) in [7, 11) is 0. The molecule has 8 nitrogen and oxygen atoms in total. The largest absolute Gasteiger partial charge is 0.457 e. The number of nitro benzene ring substituents is 1. The molecule has 2 N–H and O–H groups in total. The van der Waals surface area contributed by atoms with Crippen LogP contribution in [0.3, 0.4) is 0 Å². The highest BCUT2D eigenvalue weighted by Crippen LogP contribution is 2.37. The van der Waals surface area contributed by atoms with E-state index >= 15 is 0 Å². The number of amides is 2. The lowest BCUT2D eigenvalue weighted by atomic mass is 9.81. The predicted molar refractivity (Wildman–Crippen MR) is 102 cm³/mol. The Labute approximate surface area is 162 Å². The van der Waals surface area contributed by atoms with E-state index in [1.165, 1.54) is 29.2 Å². The Morgan fingerprint density at radius 1 is 1.18 bits per heavy atom. The fourth-order valence-corrected chi connectivity index (χ4v) is 3.32. The number of primary amides is 1. The number of ether oxygens (including phenoxy) is 1. The van der Waals surface area contributed by atoms with Crippen LogP contribution in [0.5, 0.6) is 11.5 Å². The maximum atomic E-state index is 12.9. The van der Waals surface area contributed by atoms with Crippen LogP contribution in [0.4, 0.5) is 5.69 Å². The standard InChI is InChI=1S/C20H21N3O5/c1-13(18(21)24)22-12-11-20(2,19(22)25)14-3-7-16(8-4-14)28-17-9-5-15(6-10-17)23(26)27/h3-10,13H,11-12H2,1-2H3,(H2,21,24). The van der Waals surface area contributed by atoms with Gasteiger partial charge < -0.3 is 15.4 Å². The summed E-state index contributed by atoms with van der Waals surface area (Å²) in [6.07, 6.45) is 0.589. The predicted octanol–water partition coefficient (Wildman–Crippen LogP) is 2.75. The Hall–Kier alpha value is -3.42. The molecule has 0 aliphatic carbocycles. The van der Waals surface area contributed by atoms with Crippen LogP contribution in [0, 0.1) is 10.1 Å². The Bertz CT molecular complexity index is 910. The first-order chi connectivity index (χ1) is 13.2. The molecule has 0 saturated carbocycles. The van der Waals surface area contributed by atoms with Gasteiger partial charge in [0.25, 0.3) is 5.69 Å². The number of nitrogens with zero attached hydrogens (tertiary/aromatic N) is 2. The molecular formula is C20H21N3O5. The van der Waals surface area contributed by atoms with Gasteiger partial charge >= 0.3 is 0 Å². The number of non-ortho nitro benzene ring substituents is 1. The van der Waals surface area contributed by atoms with Crippen molar-refractivity contribution >= 4 is 17.5 Å². The second-order valence-corrected chi connectivity index (χ2v) is 7.04. The van der Waals surface area contributed by atoms with Crippen LogP contribution in [0.2, 0.25) is 0 Å². The van der Waals surface area contributed by atoms with Gasteiger partial charge in [-0.05, 0) is 50.1 Å². The first kappa shape index (κ1) is 19.3. The van der Waals surface area contributed by atoms with Crippen molar-refractivity contribution in [3.05, 3.63) is 64.2 Å². The molecule has 0 bridgehead atoms. The summed E-state index contributed by atoms with van der Waals surface area (Å²) in [5, 5.41) is 10.7. The van der Waals surface area contributed by atoms with Gasteiger partial charge in [0.15, 0.2) is 0 Å². The third kappa shape index (κ3) is 3.53. The zero-order valence-corrected chi connectivity index (χ0v) is 15.6. The van der Waals surface area contributed by atoms with Gasteiger partial charge in [-0.1, -0.05) is 12.1 Å². The average molecular weight is 383 g/mol. The van der Waals surface area contributed by atoms with Crippen molar-refractivity contribution in [3.63, 3.8) is 0 Å². The molecule has 8 heteroatoms. The van der Waals surface area contributed by atoms with Crippen molar-refractivity contribution in [3.8, 4) is 11.5 Å². The van der Waals surface area contributed by atoms with Crippen molar-refractivity contribution in [1.29, 1.82) is 0 Å². The normalized spacial score (nSPS) is 20.1. The summed E-state index contributed by atoms with van der Waals surface area (Å²) >= 11 is 0. The summed E-state index contributed by atoms with van der Waals surface area (Å²) < 4.78 is 5.70. The van der Waals surface area contributed by atoms with Gasteiger partial charge in [0.2, 0.25) is 11.8 Å². The summed E-state index contributed by atoms with van der Waals surface area (Å²) in [5.74, 6) is 0.379. The highest BCUT2D eigenvalue weighted by atomic mass is 16.6. The number of rotatable bonds is 6. The molecule has 0 radical (unpaired) electrons. The van der Waals surface area contributed by atoms with Crippen LogP contribution in [0.1, 0.15) is 25.8 Å². The molecule has 1 aliphatic heterocycles. The molecule has 2 aromatic carbocycles. The molecule has 1 heterocycles. The Kier molecular flexibility index (Phi) is 5.04. The van der Waals surface area contributed by atoms with Crippen LogP contribution < -0.4 is 10.5 Å². The average Bonchev–Trinajstić information content (AvgIpc) is 2.98. The van der Waals surface area contributed by atoms with Crippen molar-refractivity contribution in [1.82, 2.24) is 4.90 Å². The Morgan fingerprint density at radius 3 is 2.21 bits per heavy atom. The number of carbonyl (C=O) groups is 2. The minimum atomic E-state index is -0.727. The molecule has 0 aromatic heterocycles. The first-order valence-corrected chi connectivity index (χ1v) is 8.85. The van der Waals surface area contributed by atoms with E-state index in [9.17, 15) is 19.7 Å². The molecule has 2 atom stereocenters. The van der Waals surface area contributed by atoms with Gasteiger partial charge in [-0.25, -0.2) is 0 Å². The number of hydrogen-bond donors (Lipinski definition) is 1. The number of carbonyl (C=O) groups excluding carboxylic acids is 2. The van der Waals surface area contributed by atoms with E-state index in [0.29, 0.717) is 24.5 Å².